The lowest BCUT2D eigenvalue weighted by Gasteiger charge is -2.27. The second kappa shape index (κ2) is 4.45. The van der Waals surface area contributed by atoms with Crippen molar-refractivity contribution >= 4 is 17.7 Å². The first-order valence-electron chi connectivity index (χ1n) is 5.49. The molecule has 5 nitrogen and oxygen atoms in total. The number of aromatic carboxylic acids is 1. The normalized spacial score (nSPS) is 15.6. The number of amides is 2. The van der Waals surface area contributed by atoms with Crippen molar-refractivity contribution in [2.24, 2.45) is 0 Å². The quantitative estimate of drug-likeness (QED) is 0.816. The van der Waals surface area contributed by atoms with E-state index in [9.17, 15) is 9.59 Å². The maximum absolute atomic E-state index is 11.6. The molecular formula is C12H14N2O3. The van der Waals surface area contributed by atoms with Crippen LogP contribution in [0.1, 0.15) is 22.3 Å². The lowest BCUT2D eigenvalue weighted by molar-refractivity contribution is 0.0696. The standard InChI is InChI=1S/C12H14N2O3/c1-8-3-4-9(7-10(8)11(15)16)14-6-2-5-13-12(14)17/h3-4,7H,2,5-6H2,1H3,(H,13,17)(H,15,16). The van der Waals surface area contributed by atoms with Gasteiger partial charge in [0.1, 0.15) is 0 Å². The van der Waals surface area contributed by atoms with Gasteiger partial charge in [-0.2, -0.15) is 0 Å². The summed E-state index contributed by atoms with van der Waals surface area (Å²) in [6.07, 6.45) is 0.863. The Kier molecular flexibility index (Phi) is 2.99. The first-order valence-corrected chi connectivity index (χ1v) is 5.49. The summed E-state index contributed by atoms with van der Waals surface area (Å²) in [7, 11) is 0. The molecule has 2 N–H and O–H groups in total. The van der Waals surface area contributed by atoms with Crippen molar-refractivity contribution in [1.82, 2.24) is 5.32 Å². The molecular weight excluding hydrogens is 220 g/mol. The molecule has 0 aliphatic carbocycles. The van der Waals surface area contributed by atoms with E-state index in [0.717, 1.165) is 6.42 Å². The van der Waals surface area contributed by atoms with Crippen molar-refractivity contribution in [3.63, 3.8) is 0 Å². The van der Waals surface area contributed by atoms with Crippen LogP contribution in [0, 0.1) is 6.92 Å². The lowest BCUT2D eigenvalue weighted by atomic mass is 10.1. The topological polar surface area (TPSA) is 69.6 Å². The van der Waals surface area contributed by atoms with Crippen LogP contribution in [-0.4, -0.2) is 30.2 Å². The summed E-state index contributed by atoms with van der Waals surface area (Å²) in [6, 6.07) is 4.87. The zero-order valence-corrected chi connectivity index (χ0v) is 9.56. The van der Waals surface area contributed by atoms with Crippen LogP contribution < -0.4 is 10.2 Å². The molecule has 0 spiro atoms. The van der Waals surface area contributed by atoms with Gasteiger partial charge >= 0.3 is 12.0 Å². The summed E-state index contributed by atoms with van der Waals surface area (Å²) in [5, 5.41) is 11.8. The predicted molar refractivity (Wildman–Crippen MR) is 63.5 cm³/mol. The van der Waals surface area contributed by atoms with E-state index in [1.165, 1.54) is 0 Å². The highest BCUT2D eigenvalue weighted by Crippen LogP contribution is 2.21. The number of nitrogens with one attached hydrogen (secondary N) is 1. The summed E-state index contributed by atoms with van der Waals surface area (Å²) in [6.45, 7) is 3.03. The van der Waals surface area contributed by atoms with E-state index in [1.54, 1.807) is 30.0 Å². The zero-order valence-electron chi connectivity index (χ0n) is 9.56. The van der Waals surface area contributed by atoms with Crippen LogP contribution in [0.5, 0.6) is 0 Å². The Hall–Kier alpha value is -2.04. The molecule has 0 saturated carbocycles. The molecule has 17 heavy (non-hydrogen) atoms. The Bertz CT molecular complexity index is 471. The first kappa shape index (κ1) is 11.4. The molecule has 0 bridgehead atoms. The Labute approximate surface area is 99.0 Å². The van der Waals surface area contributed by atoms with Crippen LogP contribution >= 0.6 is 0 Å². The third-order valence-electron chi connectivity index (χ3n) is 2.84. The third-order valence-corrected chi connectivity index (χ3v) is 2.84. The molecule has 1 aliphatic rings. The maximum atomic E-state index is 11.6. The van der Waals surface area contributed by atoms with Gasteiger partial charge in [0, 0.05) is 18.8 Å². The molecule has 1 heterocycles. The lowest BCUT2D eigenvalue weighted by Crippen LogP contribution is -2.46. The molecule has 1 aliphatic heterocycles. The number of carboxylic acid groups (broad SMARTS) is 1. The third kappa shape index (κ3) is 2.22. The minimum atomic E-state index is -0.971. The molecule has 0 aromatic heterocycles. The average Bonchev–Trinajstić information content (AvgIpc) is 2.30. The number of hydrogen-bond donors (Lipinski definition) is 2. The highest BCUT2D eigenvalue weighted by molar-refractivity contribution is 5.96. The molecule has 2 rings (SSSR count). The highest BCUT2D eigenvalue weighted by Gasteiger charge is 2.20. The number of urea groups is 1. The number of aryl methyl sites for hydroxylation is 1. The fourth-order valence-corrected chi connectivity index (χ4v) is 1.88. The van der Waals surface area contributed by atoms with Gasteiger partial charge in [0.2, 0.25) is 0 Å². The van der Waals surface area contributed by atoms with Crippen LogP contribution in [-0.2, 0) is 0 Å². The molecule has 5 heteroatoms. The van der Waals surface area contributed by atoms with Gasteiger partial charge in [-0.1, -0.05) is 6.07 Å². The smallest absolute Gasteiger partial charge is 0.336 e. The van der Waals surface area contributed by atoms with Crippen LogP contribution in [0.15, 0.2) is 18.2 Å². The minimum Gasteiger partial charge on any atom is -0.478 e. The summed E-state index contributed by atoms with van der Waals surface area (Å²) < 4.78 is 0. The van der Waals surface area contributed by atoms with Crippen LogP contribution in [0.2, 0.25) is 0 Å². The van der Waals surface area contributed by atoms with E-state index in [-0.39, 0.29) is 11.6 Å². The van der Waals surface area contributed by atoms with Gasteiger partial charge in [0.05, 0.1) is 5.56 Å². The number of carbonyl (C=O) groups is 2. The second-order valence-corrected chi connectivity index (χ2v) is 4.04. The highest BCUT2D eigenvalue weighted by atomic mass is 16.4. The molecule has 0 radical (unpaired) electrons. The predicted octanol–water partition coefficient (Wildman–Crippen LogP) is 1.61. The summed E-state index contributed by atoms with van der Waals surface area (Å²) in [5.41, 5.74) is 1.56. The summed E-state index contributed by atoms with van der Waals surface area (Å²) in [4.78, 5) is 24.2. The molecule has 1 aromatic rings. The van der Waals surface area contributed by atoms with E-state index >= 15 is 0 Å². The van der Waals surface area contributed by atoms with Crippen molar-refractivity contribution in [1.29, 1.82) is 0 Å². The van der Waals surface area contributed by atoms with E-state index in [0.29, 0.717) is 24.3 Å². The molecule has 1 fully saturated rings. The van der Waals surface area contributed by atoms with E-state index in [1.807, 2.05) is 0 Å². The number of hydrogen-bond acceptors (Lipinski definition) is 2. The molecule has 0 unspecified atom stereocenters. The number of rotatable bonds is 2. The molecule has 0 atom stereocenters. The Balaban J connectivity index is 2.35. The maximum Gasteiger partial charge on any atom is 0.336 e. The molecule has 1 aromatic carbocycles. The van der Waals surface area contributed by atoms with E-state index < -0.39 is 5.97 Å². The Morgan fingerprint density at radius 1 is 1.47 bits per heavy atom. The SMILES string of the molecule is Cc1ccc(N2CCCNC2=O)cc1C(=O)O. The van der Waals surface area contributed by atoms with Crippen molar-refractivity contribution in [3.05, 3.63) is 29.3 Å². The number of carboxylic acids is 1. The van der Waals surface area contributed by atoms with Crippen molar-refractivity contribution in [2.75, 3.05) is 18.0 Å². The van der Waals surface area contributed by atoms with Gasteiger partial charge in [-0.05, 0) is 31.0 Å². The Morgan fingerprint density at radius 3 is 2.88 bits per heavy atom. The average molecular weight is 234 g/mol. The minimum absolute atomic E-state index is 0.170. The van der Waals surface area contributed by atoms with Crippen LogP contribution in [0.3, 0.4) is 0 Å². The number of carbonyl (C=O) groups excluding carboxylic acids is 1. The van der Waals surface area contributed by atoms with Crippen molar-refractivity contribution in [2.45, 2.75) is 13.3 Å². The monoisotopic (exact) mass is 234 g/mol. The van der Waals surface area contributed by atoms with E-state index in [4.69, 9.17) is 5.11 Å². The van der Waals surface area contributed by atoms with Gasteiger partial charge < -0.3 is 10.4 Å². The van der Waals surface area contributed by atoms with Gasteiger partial charge in [-0.25, -0.2) is 9.59 Å². The number of benzene rings is 1. The number of nitrogens with zero attached hydrogens (tertiary/aromatic N) is 1. The van der Waals surface area contributed by atoms with Crippen molar-refractivity contribution in [3.8, 4) is 0 Å². The molecule has 90 valence electrons. The fourth-order valence-electron chi connectivity index (χ4n) is 1.88. The van der Waals surface area contributed by atoms with Gasteiger partial charge in [0.15, 0.2) is 0 Å². The molecule has 2 amide bonds. The summed E-state index contributed by atoms with van der Waals surface area (Å²) >= 11 is 0. The van der Waals surface area contributed by atoms with Crippen LogP contribution in [0.4, 0.5) is 10.5 Å². The Morgan fingerprint density at radius 2 is 2.24 bits per heavy atom. The second-order valence-electron chi connectivity index (χ2n) is 4.04. The first-order chi connectivity index (χ1) is 8.09. The number of anilines is 1. The molecule has 1 saturated heterocycles. The summed E-state index contributed by atoms with van der Waals surface area (Å²) in [5.74, 6) is -0.971. The van der Waals surface area contributed by atoms with E-state index in [2.05, 4.69) is 5.32 Å². The van der Waals surface area contributed by atoms with Gasteiger partial charge in [-0.3, -0.25) is 4.90 Å². The zero-order chi connectivity index (χ0) is 12.4. The van der Waals surface area contributed by atoms with Gasteiger partial charge in [-0.15, -0.1) is 0 Å². The van der Waals surface area contributed by atoms with Crippen molar-refractivity contribution < 1.29 is 14.7 Å². The fraction of sp³-hybridized carbons (Fsp3) is 0.333. The van der Waals surface area contributed by atoms with Crippen LogP contribution in [0.25, 0.3) is 0 Å². The largest absolute Gasteiger partial charge is 0.478 e. The van der Waals surface area contributed by atoms with Gasteiger partial charge in [0.25, 0.3) is 0 Å².